The monoisotopic (exact) mass is 196 g/mol. The average Bonchev–Trinajstić information content (AvgIpc) is 1.94. The lowest BCUT2D eigenvalue weighted by molar-refractivity contribution is 1.18. The first-order valence-corrected chi connectivity index (χ1v) is 3.56. The van der Waals surface area contributed by atoms with Crippen molar-refractivity contribution in [1.29, 1.82) is 5.26 Å². The van der Waals surface area contributed by atoms with Crippen molar-refractivity contribution >= 4 is 15.9 Å². The molecular weight excluding hydrogens is 192 g/mol. The molecule has 2 nitrogen and oxygen atoms in total. The van der Waals surface area contributed by atoms with E-state index in [1.165, 1.54) is 0 Å². The fraction of sp³-hybridized carbons (Fsp3) is 0.143. The number of aryl methyl sites for hydroxylation is 1. The standard InChI is InChI=1S/C7H5BrN2/c1-5-2-3-7(8)10-6(5)4-9/h2-3H,1H3. The van der Waals surface area contributed by atoms with Gasteiger partial charge in [-0.2, -0.15) is 5.26 Å². The Morgan fingerprint density at radius 2 is 2.30 bits per heavy atom. The third-order valence-corrected chi connectivity index (χ3v) is 1.61. The summed E-state index contributed by atoms with van der Waals surface area (Å²) in [6, 6.07) is 5.67. The number of pyridine rings is 1. The summed E-state index contributed by atoms with van der Waals surface area (Å²) in [6.07, 6.45) is 0. The SMILES string of the molecule is Cc1ccc(Br)nc1C#N. The molecule has 0 atom stereocenters. The summed E-state index contributed by atoms with van der Waals surface area (Å²) >= 11 is 3.17. The zero-order valence-electron chi connectivity index (χ0n) is 5.43. The van der Waals surface area contributed by atoms with Crippen LogP contribution in [0.25, 0.3) is 0 Å². The number of nitrogens with zero attached hydrogens (tertiary/aromatic N) is 2. The van der Waals surface area contributed by atoms with Gasteiger partial charge in [-0.15, -0.1) is 0 Å². The van der Waals surface area contributed by atoms with Crippen LogP contribution >= 0.6 is 15.9 Å². The maximum absolute atomic E-state index is 8.51. The smallest absolute Gasteiger partial charge is 0.144 e. The van der Waals surface area contributed by atoms with Crippen LogP contribution < -0.4 is 0 Å². The molecule has 50 valence electrons. The molecule has 1 aromatic heterocycles. The second-order valence-electron chi connectivity index (χ2n) is 1.91. The molecule has 0 saturated heterocycles. The van der Waals surface area contributed by atoms with E-state index in [2.05, 4.69) is 20.9 Å². The molecule has 0 aliphatic heterocycles. The van der Waals surface area contributed by atoms with E-state index in [0.717, 1.165) is 5.56 Å². The second-order valence-corrected chi connectivity index (χ2v) is 2.72. The Morgan fingerprint density at radius 1 is 1.60 bits per heavy atom. The van der Waals surface area contributed by atoms with Crippen molar-refractivity contribution in [3.05, 3.63) is 28.0 Å². The summed E-state index contributed by atoms with van der Waals surface area (Å²) in [4.78, 5) is 3.95. The molecular formula is C7H5BrN2. The van der Waals surface area contributed by atoms with Gasteiger partial charge in [0.25, 0.3) is 0 Å². The second kappa shape index (κ2) is 2.80. The van der Waals surface area contributed by atoms with Crippen molar-refractivity contribution in [2.24, 2.45) is 0 Å². The minimum atomic E-state index is 0.481. The van der Waals surface area contributed by atoms with E-state index in [0.29, 0.717) is 10.3 Å². The van der Waals surface area contributed by atoms with E-state index < -0.39 is 0 Å². The third-order valence-electron chi connectivity index (χ3n) is 1.17. The summed E-state index contributed by atoms with van der Waals surface area (Å²) in [6.45, 7) is 1.86. The highest BCUT2D eigenvalue weighted by molar-refractivity contribution is 9.10. The van der Waals surface area contributed by atoms with Crippen molar-refractivity contribution in [2.75, 3.05) is 0 Å². The summed E-state index contributed by atoms with van der Waals surface area (Å²) in [5.41, 5.74) is 1.39. The van der Waals surface area contributed by atoms with Gasteiger partial charge in [-0.25, -0.2) is 4.98 Å². The van der Waals surface area contributed by atoms with Crippen LogP contribution in [0.3, 0.4) is 0 Å². The molecule has 10 heavy (non-hydrogen) atoms. The van der Waals surface area contributed by atoms with Crippen molar-refractivity contribution in [2.45, 2.75) is 6.92 Å². The van der Waals surface area contributed by atoms with Crippen LogP contribution in [-0.2, 0) is 0 Å². The topological polar surface area (TPSA) is 36.7 Å². The van der Waals surface area contributed by atoms with Gasteiger partial charge in [-0.3, -0.25) is 0 Å². The van der Waals surface area contributed by atoms with Gasteiger partial charge in [0.1, 0.15) is 16.4 Å². The van der Waals surface area contributed by atoms with Gasteiger partial charge in [0.2, 0.25) is 0 Å². The quantitative estimate of drug-likeness (QED) is 0.596. The first kappa shape index (κ1) is 7.23. The van der Waals surface area contributed by atoms with Gasteiger partial charge < -0.3 is 0 Å². The average molecular weight is 197 g/mol. The van der Waals surface area contributed by atoms with Gasteiger partial charge in [0.15, 0.2) is 0 Å². The molecule has 3 heteroatoms. The van der Waals surface area contributed by atoms with E-state index in [1.807, 2.05) is 25.1 Å². The van der Waals surface area contributed by atoms with Gasteiger partial charge in [0, 0.05) is 0 Å². The van der Waals surface area contributed by atoms with Gasteiger partial charge in [0.05, 0.1) is 0 Å². The number of halogens is 1. The number of aromatic nitrogens is 1. The predicted octanol–water partition coefficient (Wildman–Crippen LogP) is 2.02. The molecule has 0 N–H and O–H groups in total. The number of rotatable bonds is 0. The highest BCUT2D eigenvalue weighted by Gasteiger charge is 1.96. The third kappa shape index (κ3) is 1.34. The highest BCUT2D eigenvalue weighted by Crippen LogP contribution is 2.09. The Morgan fingerprint density at radius 3 is 2.80 bits per heavy atom. The number of hydrogen-bond acceptors (Lipinski definition) is 2. The van der Waals surface area contributed by atoms with E-state index in [4.69, 9.17) is 5.26 Å². The highest BCUT2D eigenvalue weighted by atomic mass is 79.9. The Balaban J connectivity index is 3.25. The van der Waals surface area contributed by atoms with E-state index in [9.17, 15) is 0 Å². The lowest BCUT2D eigenvalue weighted by atomic mass is 10.2. The molecule has 0 aliphatic rings. The van der Waals surface area contributed by atoms with Crippen LogP contribution in [0.2, 0.25) is 0 Å². The first-order chi connectivity index (χ1) is 4.74. The first-order valence-electron chi connectivity index (χ1n) is 2.77. The molecule has 1 heterocycles. The van der Waals surface area contributed by atoms with E-state index >= 15 is 0 Å². The van der Waals surface area contributed by atoms with Crippen molar-refractivity contribution in [3.8, 4) is 6.07 Å². The number of nitriles is 1. The molecule has 1 rings (SSSR count). The summed E-state index contributed by atoms with van der Waals surface area (Å²) in [5, 5.41) is 8.51. The van der Waals surface area contributed by atoms with Crippen LogP contribution in [0.1, 0.15) is 11.3 Å². The normalized spacial score (nSPS) is 8.90. The Labute approximate surface area is 67.6 Å². The fourth-order valence-corrected chi connectivity index (χ4v) is 0.928. The van der Waals surface area contributed by atoms with Crippen LogP contribution in [0.5, 0.6) is 0 Å². The van der Waals surface area contributed by atoms with Gasteiger partial charge in [-0.05, 0) is 34.5 Å². The van der Waals surface area contributed by atoms with Gasteiger partial charge in [-0.1, -0.05) is 6.07 Å². The lowest BCUT2D eigenvalue weighted by Gasteiger charge is -1.93. The largest absolute Gasteiger partial charge is 0.230 e. The summed E-state index contributed by atoms with van der Waals surface area (Å²) in [7, 11) is 0. The maximum atomic E-state index is 8.51. The van der Waals surface area contributed by atoms with Crippen LogP contribution in [0.15, 0.2) is 16.7 Å². The minimum absolute atomic E-state index is 0.481. The van der Waals surface area contributed by atoms with Crippen LogP contribution in [-0.4, -0.2) is 4.98 Å². The van der Waals surface area contributed by atoms with Crippen LogP contribution in [0.4, 0.5) is 0 Å². The number of hydrogen-bond donors (Lipinski definition) is 0. The Kier molecular flexibility index (Phi) is 2.03. The molecule has 0 fully saturated rings. The molecule has 0 bridgehead atoms. The maximum Gasteiger partial charge on any atom is 0.144 e. The fourth-order valence-electron chi connectivity index (χ4n) is 0.618. The van der Waals surface area contributed by atoms with Crippen molar-refractivity contribution in [3.63, 3.8) is 0 Å². The zero-order valence-corrected chi connectivity index (χ0v) is 7.01. The Hall–Kier alpha value is -0.880. The Bertz CT molecular complexity index is 288. The van der Waals surface area contributed by atoms with Crippen molar-refractivity contribution < 1.29 is 0 Å². The molecule has 1 aromatic rings. The van der Waals surface area contributed by atoms with Crippen molar-refractivity contribution in [1.82, 2.24) is 4.98 Å². The summed E-state index contributed by atoms with van der Waals surface area (Å²) in [5.74, 6) is 0. The summed E-state index contributed by atoms with van der Waals surface area (Å²) < 4.78 is 0.703. The van der Waals surface area contributed by atoms with Crippen LogP contribution in [0, 0.1) is 18.3 Å². The predicted molar refractivity (Wildman–Crippen MR) is 41.4 cm³/mol. The molecule has 0 amide bonds. The van der Waals surface area contributed by atoms with E-state index in [-0.39, 0.29) is 0 Å². The molecule has 0 unspecified atom stereocenters. The molecule has 0 radical (unpaired) electrons. The molecule has 0 aromatic carbocycles. The molecule has 0 saturated carbocycles. The van der Waals surface area contributed by atoms with E-state index in [1.54, 1.807) is 0 Å². The zero-order chi connectivity index (χ0) is 7.56. The van der Waals surface area contributed by atoms with Gasteiger partial charge >= 0.3 is 0 Å². The molecule has 0 aliphatic carbocycles. The molecule has 0 spiro atoms. The lowest BCUT2D eigenvalue weighted by Crippen LogP contribution is -1.86. The minimum Gasteiger partial charge on any atom is -0.230 e.